The Morgan fingerprint density at radius 1 is 1.03 bits per heavy atom. The minimum Gasteiger partial charge on any atom is -0.494 e. The van der Waals surface area contributed by atoms with E-state index in [0.29, 0.717) is 62.3 Å². The quantitative estimate of drug-likeness (QED) is 0.494. The zero-order valence-electron chi connectivity index (χ0n) is 19.2. The predicted molar refractivity (Wildman–Crippen MR) is 127 cm³/mol. The van der Waals surface area contributed by atoms with E-state index >= 15 is 0 Å². The van der Waals surface area contributed by atoms with Gasteiger partial charge in [-0.15, -0.1) is 0 Å². The van der Waals surface area contributed by atoms with Gasteiger partial charge >= 0.3 is 0 Å². The summed E-state index contributed by atoms with van der Waals surface area (Å²) in [7, 11) is -3.71. The molecule has 0 aliphatic carbocycles. The van der Waals surface area contributed by atoms with E-state index in [2.05, 4.69) is 12.2 Å². The highest BCUT2D eigenvalue weighted by Gasteiger charge is 2.27. The smallest absolute Gasteiger partial charge is 0.255 e. The van der Waals surface area contributed by atoms with Gasteiger partial charge in [-0.05, 0) is 55.8 Å². The molecule has 0 atom stereocenters. The zero-order valence-corrected chi connectivity index (χ0v) is 20.0. The first-order chi connectivity index (χ1) is 16.0. The Balaban J connectivity index is 1.75. The van der Waals surface area contributed by atoms with Gasteiger partial charge in [0.05, 0.1) is 37.0 Å². The Bertz CT molecular complexity index is 1020. The molecule has 180 valence electrons. The van der Waals surface area contributed by atoms with Crippen LogP contribution >= 0.6 is 0 Å². The molecular weight excluding hydrogens is 444 g/mol. The molecule has 1 fully saturated rings. The van der Waals surface area contributed by atoms with E-state index in [1.165, 1.54) is 16.4 Å². The third-order valence-electron chi connectivity index (χ3n) is 5.24. The summed E-state index contributed by atoms with van der Waals surface area (Å²) in [4.78, 5) is 13.0. The summed E-state index contributed by atoms with van der Waals surface area (Å²) in [6.07, 6.45) is 3.23. The second kappa shape index (κ2) is 12.0. The number of nitrogens with one attached hydrogen (secondary N) is 1. The maximum absolute atomic E-state index is 13.0. The maximum atomic E-state index is 13.0. The number of rotatable bonds is 11. The number of morpholine rings is 1. The van der Waals surface area contributed by atoms with Crippen molar-refractivity contribution in [1.29, 1.82) is 0 Å². The lowest BCUT2D eigenvalue weighted by molar-refractivity contribution is 0.0730. The van der Waals surface area contributed by atoms with Crippen molar-refractivity contribution in [3.05, 3.63) is 48.0 Å². The molecule has 0 aromatic heterocycles. The van der Waals surface area contributed by atoms with E-state index in [0.717, 1.165) is 19.3 Å². The molecule has 0 saturated carbocycles. The Hall–Kier alpha value is -2.62. The molecule has 2 aromatic rings. The van der Waals surface area contributed by atoms with Crippen LogP contribution in [0.2, 0.25) is 0 Å². The highest BCUT2D eigenvalue weighted by molar-refractivity contribution is 7.89. The lowest BCUT2D eigenvalue weighted by Crippen LogP contribution is -2.40. The summed E-state index contributed by atoms with van der Waals surface area (Å²) in [5.74, 6) is 0.744. The number of hydrogen-bond acceptors (Lipinski definition) is 6. The lowest BCUT2D eigenvalue weighted by Gasteiger charge is -2.26. The van der Waals surface area contributed by atoms with Crippen molar-refractivity contribution < 1.29 is 27.4 Å². The van der Waals surface area contributed by atoms with Crippen molar-refractivity contribution in [2.75, 3.05) is 44.8 Å². The SMILES string of the molecule is CCCCCOc1ccc(C(=O)Nc2cc(S(=O)(=O)N3CCOCC3)ccc2OCC)cc1. The molecule has 0 unspecified atom stereocenters. The number of sulfonamides is 1. The van der Waals surface area contributed by atoms with Gasteiger partial charge in [-0.3, -0.25) is 4.79 Å². The van der Waals surface area contributed by atoms with Gasteiger partial charge in [0.2, 0.25) is 10.0 Å². The second-order valence-electron chi connectivity index (χ2n) is 7.64. The fraction of sp³-hybridized carbons (Fsp3) is 0.458. The number of carbonyl (C=O) groups is 1. The standard InChI is InChI=1S/C24H32N2O6S/c1-3-5-6-15-32-20-9-7-19(8-10-20)24(27)25-22-18-21(11-12-23(22)31-4-2)33(28,29)26-13-16-30-17-14-26/h7-12,18H,3-6,13-17H2,1-2H3,(H,25,27). The number of benzene rings is 2. The van der Waals surface area contributed by atoms with Crippen LogP contribution in [-0.4, -0.2) is 58.1 Å². The van der Waals surface area contributed by atoms with Gasteiger partial charge in [0.25, 0.3) is 5.91 Å². The van der Waals surface area contributed by atoms with E-state index in [1.807, 2.05) is 6.92 Å². The van der Waals surface area contributed by atoms with Crippen LogP contribution in [-0.2, 0) is 14.8 Å². The molecule has 0 spiro atoms. The maximum Gasteiger partial charge on any atom is 0.255 e. The number of amides is 1. The van der Waals surface area contributed by atoms with Crippen LogP contribution in [0.5, 0.6) is 11.5 Å². The third kappa shape index (κ3) is 6.69. The van der Waals surface area contributed by atoms with Crippen LogP contribution < -0.4 is 14.8 Å². The summed E-state index contributed by atoms with van der Waals surface area (Å²) in [5.41, 5.74) is 0.732. The molecule has 1 amide bonds. The van der Waals surface area contributed by atoms with Crippen molar-refractivity contribution in [3.63, 3.8) is 0 Å². The number of hydrogen-bond donors (Lipinski definition) is 1. The molecule has 3 rings (SSSR count). The third-order valence-corrected chi connectivity index (χ3v) is 7.13. The van der Waals surface area contributed by atoms with Crippen LogP contribution in [0.3, 0.4) is 0 Å². The molecule has 1 N–H and O–H groups in total. The molecular formula is C24H32N2O6S. The highest BCUT2D eigenvalue weighted by Crippen LogP contribution is 2.30. The molecule has 0 radical (unpaired) electrons. The fourth-order valence-electron chi connectivity index (χ4n) is 3.42. The largest absolute Gasteiger partial charge is 0.494 e. The van der Waals surface area contributed by atoms with Crippen LogP contribution in [0, 0.1) is 0 Å². The van der Waals surface area contributed by atoms with Crippen LogP contribution in [0.1, 0.15) is 43.5 Å². The van der Waals surface area contributed by atoms with Gasteiger partial charge in [-0.2, -0.15) is 4.31 Å². The molecule has 9 heteroatoms. The predicted octanol–water partition coefficient (Wildman–Crippen LogP) is 3.93. The Labute approximate surface area is 195 Å². The monoisotopic (exact) mass is 476 g/mol. The summed E-state index contributed by atoms with van der Waals surface area (Å²) in [6, 6.07) is 11.4. The number of anilines is 1. The number of carbonyl (C=O) groups excluding carboxylic acids is 1. The summed E-state index contributed by atoms with van der Waals surface area (Å²) in [5, 5.41) is 2.79. The van der Waals surface area contributed by atoms with Crippen LogP contribution in [0.15, 0.2) is 47.4 Å². The van der Waals surface area contributed by atoms with Crippen molar-refractivity contribution in [2.24, 2.45) is 0 Å². The van der Waals surface area contributed by atoms with E-state index in [9.17, 15) is 13.2 Å². The molecule has 2 aromatic carbocycles. The molecule has 8 nitrogen and oxygen atoms in total. The molecule has 0 bridgehead atoms. The van der Waals surface area contributed by atoms with E-state index in [-0.39, 0.29) is 10.8 Å². The first kappa shape index (κ1) is 25.0. The van der Waals surface area contributed by atoms with Crippen molar-refractivity contribution in [3.8, 4) is 11.5 Å². The number of unbranched alkanes of at least 4 members (excludes halogenated alkanes) is 2. The topological polar surface area (TPSA) is 94.2 Å². The van der Waals surface area contributed by atoms with Gasteiger partial charge in [0, 0.05) is 18.7 Å². The highest BCUT2D eigenvalue weighted by atomic mass is 32.2. The fourth-order valence-corrected chi connectivity index (χ4v) is 4.86. The Morgan fingerprint density at radius 2 is 1.76 bits per heavy atom. The molecule has 1 aliphatic rings. The van der Waals surface area contributed by atoms with Crippen LogP contribution in [0.25, 0.3) is 0 Å². The molecule has 1 heterocycles. The first-order valence-electron chi connectivity index (χ1n) is 11.3. The molecule has 1 aliphatic heterocycles. The van der Waals surface area contributed by atoms with Gasteiger partial charge in [0.1, 0.15) is 11.5 Å². The number of ether oxygens (including phenoxy) is 3. The van der Waals surface area contributed by atoms with Crippen molar-refractivity contribution in [2.45, 2.75) is 38.0 Å². The van der Waals surface area contributed by atoms with E-state index in [4.69, 9.17) is 14.2 Å². The first-order valence-corrected chi connectivity index (χ1v) is 12.8. The summed E-state index contributed by atoms with van der Waals surface area (Å²) < 4.78 is 44.0. The van der Waals surface area contributed by atoms with E-state index in [1.54, 1.807) is 30.3 Å². The zero-order chi connectivity index (χ0) is 23.7. The summed E-state index contributed by atoms with van der Waals surface area (Å²) >= 11 is 0. The van der Waals surface area contributed by atoms with Crippen molar-refractivity contribution >= 4 is 21.6 Å². The Morgan fingerprint density at radius 3 is 2.42 bits per heavy atom. The average molecular weight is 477 g/mol. The molecule has 1 saturated heterocycles. The van der Waals surface area contributed by atoms with Gasteiger partial charge in [-0.25, -0.2) is 8.42 Å². The van der Waals surface area contributed by atoms with Gasteiger partial charge < -0.3 is 19.5 Å². The lowest BCUT2D eigenvalue weighted by atomic mass is 10.2. The van der Waals surface area contributed by atoms with Crippen molar-refractivity contribution in [1.82, 2.24) is 4.31 Å². The number of nitrogens with zero attached hydrogens (tertiary/aromatic N) is 1. The average Bonchev–Trinajstić information content (AvgIpc) is 2.84. The van der Waals surface area contributed by atoms with Crippen LogP contribution in [0.4, 0.5) is 5.69 Å². The minimum absolute atomic E-state index is 0.0963. The Kier molecular flexibility index (Phi) is 9.11. The summed E-state index contributed by atoms with van der Waals surface area (Å²) in [6.45, 7) is 6.29. The minimum atomic E-state index is -3.71. The van der Waals surface area contributed by atoms with E-state index < -0.39 is 10.0 Å². The molecule has 33 heavy (non-hydrogen) atoms. The second-order valence-corrected chi connectivity index (χ2v) is 9.58. The normalized spacial score (nSPS) is 14.6. The van der Waals surface area contributed by atoms with Gasteiger partial charge in [-0.1, -0.05) is 19.8 Å². The van der Waals surface area contributed by atoms with Gasteiger partial charge in [0.15, 0.2) is 0 Å².